The predicted molar refractivity (Wildman–Crippen MR) is 40.7 cm³/mol. The number of aliphatic hydroxyl groups is 1. The van der Waals surface area contributed by atoms with Gasteiger partial charge in [0.25, 0.3) is 0 Å². The third-order valence-corrected chi connectivity index (χ3v) is 3.60. The maximum absolute atomic E-state index is 9.52. The van der Waals surface area contributed by atoms with E-state index >= 15 is 0 Å². The lowest BCUT2D eigenvalue weighted by atomic mass is 9.85. The molecular formula is C9H16O. The fourth-order valence-electron chi connectivity index (χ4n) is 2.66. The van der Waals surface area contributed by atoms with Crippen LogP contribution in [0.4, 0.5) is 0 Å². The second-order valence-corrected chi connectivity index (χ2v) is 3.99. The van der Waals surface area contributed by atoms with Gasteiger partial charge in [0.1, 0.15) is 0 Å². The third kappa shape index (κ3) is 0.731. The lowest BCUT2D eigenvalue weighted by molar-refractivity contribution is 0.0919. The molecule has 1 heteroatoms. The number of fused-ring (bicyclic) bond motifs is 1. The first-order valence-corrected chi connectivity index (χ1v) is 4.46. The van der Waals surface area contributed by atoms with Gasteiger partial charge >= 0.3 is 0 Å². The summed E-state index contributed by atoms with van der Waals surface area (Å²) in [6, 6.07) is 0. The minimum Gasteiger partial charge on any atom is -0.393 e. The quantitative estimate of drug-likeness (QED) is 0.590. The average Bonchev–Trinajstić information content (AvgIpc) is 2.65. The molecule has 1 N–H and O–H groups in total. The molecule has 0 saturated heterocycles. The van der Waals surface area contributed by atoms with E-state index < -0.39 is 0 Å². The van der Waals surface area contributed by atoms with E-state index in [0.717, 1.165) is 6.42 Å². The van der Waals surface area contributed by atoms with Gasteiger partial charge in [-0.1, -0.05) is 19.8 Å². The smallest absolute Gasteiger partial charge is 0.0573 e. The molecule has 1 nitrogen and oxygen atoms in total. The van der Waals surface area contributed by atoms with Crippen molar-refractivity contribution in [3.8, 4) is 0 Å². The molecule has 0 amide bonds. The fourth-order valence-corrected chi connectivity index (χ4v) is 2.66. The van der Waals surface area contributed by atoms with Crippen LogP contribution in [0.5, 0.6) is 0 Å². The van der Waals surface area contributed by atoms with Crippen LogP contribution in [-0.4, -0.2) is 11.2 Å². The third-order valence-electron chi connectivity index (χ3n) is 3.60. The molecule has 0 heterocycles. The molecule has 0 spiro atoms. The van der Waals surface area contributed by atoms with Gasteiger partial charge in [-0.3, -0.25) is 0 Å². The Bertz CT molecular complexity index is 144. The van der Waals surface area contributed by atoms with Crippen LogP contribution in [0.2, 0.25) is 0 Å². The van der Waals surface area contributed by atoms with Gasteiger partial charge in [0.2, 0.25) is 0 Å². The Balaban J connectivity index is 2.05. The highest BCUT2D eigenvalue weighted by Gasteiger charge is 2.56. The van der Waals surface area contributed by atoms with Gasteiger partial charge in [0, 0.05) is 0 Å². The average molecular weight is 140 g/mol. The molecule has 0 unspecified atom stereocenters. The number of hydrogen-bond donors (Lipinski definition) is 1. The molecule has 0 radical (unpaired) electrons. The summed E-state index contributed by atoms with van der Waals surface area (Å²) in [6.45, 7) is 2.26. The van der Waals surface area contributed by atoms with Crippen LogP contribution < -0.4 is 0 Å². The summed E-state index contributed by atoms with van der Waals surface area (Å²) < 4.78 is 0. The van der Waals surface area contributed by atoms with Crippen molar-refractivity contribution in [1.82, 2.24) is 0 Å². The maximum atomic E-state index is 9.52. The van der Waals surface area contributed by atoms with Gasteiger partial charge in [0.15, 0.2) is 0 Å². The van der Waals surface area contributed by atoms with Crippen molar-refractivity contribution in [2.24, 2.45) is 11.3 Å². The zero-order valence-corrected chi connectivity index (χ0v) is 6.64. The van der Waals surface area contributed by atoms with Crippen molar-refractivity contribution >= 4 is 0 Å². The predicted octanol–water partition coefficient (Wildman–Crippen LogP) is 1.95. The SMILES string of the molecule is CC[C@@]12CCC[C@H](O)[C@@H]1C2. The summed E-state index contributed by atoms with van der Waals surface area (Å²) in [6.07, 6.45) is 6.34. The van der Waals surface area contributed by atoms with Gasteiger partial charge in [-0.15, -0.1) is 0 Å². The Labute approximate surface area is 62.4 Å². The summed E-state index contributed by atoms with van der Waals surface area (Å²) in [4.78, 5) is 0. The highest BCUT2D eigenvalue weighted by Crippen LogP contribution is 2.63. The molecule has 2 fully saturated rings. The first kappa shape index (κ1) is 6.66. The van der Waals surface area contributed by atoms with Gasteiger partial charge < -0.3 is 5.11 Å². The molecule has 2 aliphatic carbocycles. The van der Waals surface area contributed by atoms with Crippen LogP contribution in [0.1, 0.15) is 39.0 Å². The van der Waals surface area contributed by atoms with E-state index in [4.69, 9.17) is 0 Å². The fraction of sp³-hybridized carbons (Fsp3) is 1.00. The van der Waals surface area contributed by atoms with Crippen LogP contribution in [0.3, 0.4) is 0 Å². The monoisotopic (exact) mass is 140 g/mol. The van der Waals surface area contributed by atoms with E-state index in [1.165, 1.54) is 25.7 Å². The second kappa shape index (κ2) is 1.97. The minimum absolute atomic E-state index is 0.0497. The molecule has 10 heavy (non-hydrogen) atoms. The Morgan fingerprint density at radius 2 is 2.40 bits per heavy atom. The molecule has 0 aromatic rings. The van der Waals surface area contributed by atoms with E-state index in [1.54, 1.807) is 0 Å². The molecule has 2 rings (SSSR count). The molecule has 3 atom stereocenters. The number of aliphatic hydroxyl groups excluding tert-OH is 1. The molecular weight excluding hydrogens is 124 g/mol. The van der Waals surface area contributed by atoms with Crippen molar-refractivity contribution in [3.05, 3.63) is 0 Å². The normalized spacial score (nSPS) is 52.2. The van der Waals surface area contributed by atoms with Crippen molar-refractivity contribution in [3.63, 3.8) is 0 Å². The molecule has 58 valence electrons. The Morgan fingerprint density at radius 1 is 1.60 bits per heavy atom. The highest BCUT2D eigenvalue weighted by atomic mass is 16.3. The van der Waals surface area contributed by atoms with Crippen molar-refractivity contribution in [2.75, 3.05) is 0 Å². The molecule has 0 aliphatic heterocycles. The number of rotatable bonds is 1. The van der Waals surface area contributed by atoms with E-state index in [0.29, 0.717) is 11.3 Å². The van der Waals surface area contributed by atoms with Gasteiger partial charge in [-0.05, 0) is 30.6 Å². The largest absolute Gasteiger partial charge is 0.393 e. The highest BCUT2D eigenvalue weighted by molar-refractivity contribution is 5.06. The molecule has 2 aliphatic rings. The zero-order chi connectivity index (χ0) is 7.19. The zero-order valence-electron chi connectivity index (χ0n) is 6.64. The van der Waals surface area contributed by atoms with Crippen LogP contribution >= 0.6 is 0 Å². The topological polar surface area (TPSA) is 20.2 Å². The standard InChI is InChI=1S/C9H16O/c1-2-9-5-3-4-8(10)7(9)6-9/h7-8,10H,2-6H2,1H3/t7-,8-,9-/m0/s1. The van der Waals surface area contributed by atoms with Gasteiger partial charge in [-0.25, -0.2) is 0 Å². The minimum atomic E-state index is 0.0497. The first-order chi connectivity index (χ1) is 4.78. The summed E-state index contributed by atoms with van der Waals surface area (Å²) >= 11 is 0. The molecule has 0 aromatic carbocycles. The summed E-state index contributed by atoms with van der Waals surface area (Å²) in [5.74, 6) is 0.686. The Morgan fingerprint density at radius 3 is 3.00 bits per heavy atom. The van der Waals surface area contributed by atoms with Crippen LogP contribution in [-0.2, 0) is 0 Å². The first-order valence-electron chi connectivity index (χ1n) is 4.46. The van der Waals surface area contributed by atoms with Crippen molar-refractivity contribution < 1.29 is 5.11 Å². The molecule has 0 bridgehead atoms. The van der Waals surface area contributed by atoms with E-state index in [-0.39, 0.29) is 6.10 Å². The molecule has 2 saturated carbocycles. The summed E-state index contributed by atoms with van der Waals surface area (Å²) in [7, 11) is 0. The lowest BCUT2D eigenvalue weighted by Gasteiger charge is -2.23. The van der Waals surface area contributed by atoms with Crippen LogP contribution in [0, 0.1) is 11.3 Å². The van der Waals surface area contributed by atoms with Crippen molar-refractivity contribution in [2.45, 2.75) is 45.1 Å². The van der Waals surface area contributed by atoms with Gasteiger partial charge in [-0.2, -0.15) is 0 Å². The molecule has 0 aromatic heterocycles. The van der Waals surface area contributed by atoms with Crippen LogP contribution in [0.25, 0.3) is 0 Å². The van der Waals surface area contributed by atoms with E-state index in [2.05, 4.69) is 6.92 Å². The van der Waals surface area contributed by atoms with Crippen molar-refractivity contribution in [1.29, 1.82) is 0 Å². The second-order valence-electron chi connectivity index (χ2n) is 3.99. The summed E-state index contributed by atoms with van der Waals surface area (Å²) in [5.41, 5.74) is 0.609. The van der Waals surface area contributed by atoms with Crippen LogP contribution in [0.15, 0.2) is 0 Å². The summed E-state index contributed by atoms with van der Waals surface area (Å²) in [5, 5.41) is 9.52. The maximum Gasteiger partial charge on any atom is 0.0573 e. The van der Waals surface area contributed by atoms with Gasteiger partial charge in [0.05, 0.1) is 6.10 Å². The van der Waals surface area contributed by atoms with E-state index in [1.807, 2.05) is 0 Å². The van der Waals surface area contributed by atoms with E-state index in [9.17, 15) is 5.11 Å². The lowest BCUT2D eigenvalue weighted by Crippen LogP contribution is -2.20. The Hall–Kier alpha value is -0.0400. The number of hydrogen-bond acceptors (Lipinski definition) is 1. The Kier molecular flexibility index (Phi) is 1.31.